The van der Waals surface area contributed by atoms with Gasteiger partial charge in [-0.1, -0.05) is 0 Å². The molecule has 1 saturated carbocycles. The first-order chi connectivity index (χ1) is 7.84. The Bertz CT molecular complexity index is 424. The highest BCUT2D eigenvalue weighted by molar-refractivity contribution is 7.09. The zero-order chi connectivity index (χ0) is 11.0. The predicted octanol–water partition coefficient (Wildman–Crippen LogP) is 2.59. The van der Waals surface area contributed by atoms with Crippen LogP contribution in [0.25, 0.3) is 0 Å². The van der Waals surface area contributed by atoms with Gasteiger partial charge in [-0.3, -0.25) is 0 Å². The molecule has 1 aliphatic carbocycles. The summed E-state index contributed by atoms with van der Waals surface area (Å²) in [7, 11) is 0. The van der Waals surface area contributed by atoms with Crippen LogP contribution in [-0.2, 0) is 10.2 Å². The third-order valence-corrected chi connectivity index (χ3v) is 4.60. The summed E-state index contributed by atoms with van der Waals surface area (Å²) in [5.41, 5.74) is 0.971. The van der Waals surface area contributed by atoms with Crippen molar-refractivity contribution >= 4 is 11.3 Å². The van der Waals surface area contributed by atoms with Crippen molar-refractivity contribution < 1.29 is 4.74 Å². The van der Waals surface area contributed by atoms with Gasteiger partial charge in [0.2, 0.25) is 0 Å². The molecule has 3 rings (SSSR count). The van der Waals surface area contributed by atoms with Crippen molar-refractivity contribution in [3.8, 4) is 6.07 Å². The zero-order valence-electron chi connectivity index (χ0n) is 9.11. The summed E-state index contributed by atoms with van der Waals surface area (Å²) in [6.45, 7) is 1.70. The minimum Gasteiger partial charge on any atom is -0.381 e. The molecule has 0 amide bonds. The number of ether oxygens (including phenoxy) is 1. The van der Waals surface area contributed by atoms with Crippen LogP contribution in [0.4, 0.5) is 0 Å². The maximum Gasteiger partial charge on any atom is 0.113 e. The summed E-state index contributed by atoms with van der Waals surface area (Å²) in [6.07, 6.45) is 4.12. The van der Waals surface area contributed by atoms with Crippen LogP contribution in [-0.4, -0.2) is 18.2 Å². The molecule has 84 valence electrons. The summed E-state index contributed by atoms with van der Waals surface area (Å²) in [5, 5.41) is 12.3. The molecule has 0 aromatic carbocycles. The first-order valence-corrected chi connectivity index (χ1v) is 6.67. The fourth-order valence-electron chi connectivity index (χ4n) is 2.19. The van der Waals surface area contributed by atoms with Crippen LogP contribution in [0.15, 0.2) is 5.38 Å². The molecule has 0 radical (unpaired) electrons. The predicted molar refractivity (Wildman–Crippen MR) is 61.4 cm³/mol. The fraction of sp³-hybridized carbons (Fsp3) is 0.667. The Balaban J connectivity index is 1.80. The lowest BCUT2D eigenvalue weighted by molar-refractivity contribution is 0.0846. The van der Waals surface area contributed by atoms with Crippen molar-refractivity contribution in [1.29, 1.82) is 5.26 Å². The number of nitriles is 1. The van der Waals surface area contributed by atoms with Gasteiger partial charge in [0, 0.05) is 24.5 Å². The second-order valence-electron chi connectivity index (χ2n) is 4.66. The number of nitrogens with zero attached hydrogens (tertiary/aromatic N) is 2. The lowest BCUT2D eigenvalue weighted by Crippen LogP contribution is -2.14. The molecule has 0 unspecified atom stereocenters. The lowest BCUT2D eigenvalue weighted by atomic mass is 9.97. The Hall–Kier alpha value is -0.920. The van der Waals surface area contributed by atoms with Crippen LogP contribution in [0.1, 0.15) is 42.3 Å². The molecule has 2 aliphatic rings. The number of hydrogen-bond donors (Lipinski definition) is 0. The van der Waals surface area contributed by atoms with Gasteiger partial charge in [-0.15, -0.1) is 11.3 Å². The molecule has 2 fully saturated rings. The number of thiazole rings is 1. The van der Waals surface area contributed by atoms with E-state index in [4.69, 9.17) is 10.00 Å². The molecule has 3 nitrogen and oxygen atoms in total. The molecule has 1 saturated heterocycles. The Morgan fingerprint density at radius 1 is 1.44 bits per heavy atom. The highest BCUT2D eigenvalue weighted by Gasteiger charge is 2.47. The van der Waals surface area contributed by atoms with Crippen molar-refractivity contribution in [2.45, 2.75) is 37.0 Å². The van der Waals surface area contributed by atoms with Crippen LogP contribution in [0.3, 0.4) is 0 Å². The molecule has 16 heavy (non-hydrogen) atoms. The number of aromatic nitrogens is 1. The summed E-state index contributed by atoms with van der Waals surface area (Å²) < 4.78 is 5.35. The molecule has 1 aromatic rings. The molecule has 0 N–H and O–H groups in total. The Kier molecular flexibility index (Phi) is 2.45. The van der Waals surface area contributed by atoms with Gasteiger partial charge in [0.1, 0.15) is 10.4 Å². The fourth-order valence-corrected chi connectivity index (χ4v) is 3.30. The quantitative estimate of drug-likeness (QED) is 0.790. The van der Waals surface area contributed by atoms with Gasteiger partial charge in [0.25, 0.3) is 0 Å². The third kappa shape index (κ3) is 1.64. The van der Waals surface area contributed by atoms with Gasteiger partial charge in [-0.05, 0) is 25.7 Å². The monoisotopic (exact) mass is 234 g/mol. The molecular formula is C12H14N2OS. The molecule has 0 spiro atoms. The van der Waals surface area contributed by atoms with E-state index in [-0.39, 0.29) is 5.41 Å². The van der Waals surface area contributed by atoms with E-state index in [1.165, 1.54) is 5.69 Å². The van der Waals surface area contributed by atoms with Crippen molar-refractivity contribution in [2.24, 2.45) is 0 Å². The van der Waals surface area contributed by atoms with Gasteiger partial charge in [-0.25, -0.2) is 4.98 Å². The Morgan fingerprint density at radius 3 is 2.81 bits per heavy atom. The standard InChI is InChI=1S/C12H14N2OS/c13-8-12(3-4-12)11-14-10(7-16-11)9-1-5-15-6-2-9/h7,9H,1-6H2. The van der Waals surface area contributed by atoms with E-state index in [0.717, 1.165) is 43.9 Å². The summed E-state index contributed by atoms with van der Waals surface area (Å²) in [4.78, 5) is 4.68. The van der Waals surface area contributed by atoms with E-state index in [0.29, 0.717) is 5.92 Å². The molecule has 4 heteroatoms. The van der Waals surface area contributed by atoms with E-state index >= 15 is 0 Å². The van der Waals surface area contributed by atoms with Crippen LogP contribution in [0, 0.1) is 11.3 Å². The summed E-state index contributed by atoms with van der Waals surface area (Å²) in [5.74, 6) is 0.549. The van der Waals surface area contributed by atoms with E-state index in [2.05, 4.69) is 16.4 Å². The van der Waals surface area contributed by atoms with Gasteiger partial charge in [-0.2, -0.15) is 5.26 Å². The van der Waals surface area contributed by atoms with Crippen LogP contribution >= 0.6 is 11.3 Å². The third-order valence-electron chi connectivity index (χ3n) is 3.53. The van der Waals surface area contributed by atoms with Gasteiger partial charge in [0.15, 0.2) is 0 Å². The average molecular weight is 234 g/mol. The molecule has 0 bridgehead atoms. The summed E-state index contributed by atoms with van der Waals surface area (Å²) in [6, 6.07) is 2.41. The first-order valence-electron chi connectivity index (χ1n) is 5.79. The van der Waals surface area contributed by atoms with Crippen molar-refractivity contribution in [2.75, 3.05) is 13.2 Å². The highest BCUT2D eigenvalue weighted by Crippen LogP contribution is 2.49. The average Bonchev–Trinajstić information content (AvgIpc) is 3.00. The van der Waals surface area contributed by atoms with Gasteiger partial charge < -0.3 is 4.74 Å². The maximum absolute atomic E-state index is 9.13. The molecule has 1 aromatic heterocycles. The van der Waals surface area contributed by atoms with Crippen molar-refractivity contribution in [3.05, 3.63) is 16.1 Å². The minimum atomic E-state index is -0.214. The van der Waals surface area contributed by atoms with E-state index < -0.39 is 0 Å². The van der Waals surface area contributed by atoms with E-state index in [1.54, 1.807) is 11.3 Å². The molecular weight excluding hydrogens is 220 g/mol. The van der Waals surface area contributed by atoms with Crippen LogP contribution < -0.4 is 0 Å². The van der Waals surface area contributed by atoms with E-state index in [9.17, 15) is 0 Å². The minimum absolute atomic E-state index is 0.214. The topological polar surface area (TPSA) is 45.9 Å². The van der Waals surface area contributed by atoms with E-state index in [1.807, 2.05) is 0 Å². The SMILES string of the molecule is N#CC1(c2nc(C3CCOCC3)cs2)CC1. The zero-order valence-corrected chi connectivity index (χ0v) is 9.92. The molecule has 0 atom stereocenters. The Morgan fingerprint density at radius 2 is 2.19 bits per heavy atom. The van der Waals surface area contributed by atoms with Gasteiger partial charge in [0.05, 0.1) is 11.8 Å². The van der Waals surface area contributed by atoms with Gasteiger partial charge >= 0.3 is 0 Å². The highest BCUT2D eigenvalue weighted by atomic mass is 32.1. The molecule has 1 aliphatic heterocycles. The second kappa shape index (κ2) is 3.83. The van der Waals surface area contributed by atoms with Crippen molar-refractivity contribution in [3.63, 3.8) is 0 Å². The van der Waals surface area contributed by atoms with Crippen LogP contribution in [0.5, 0.6) is 0 Å². The first kappa shape index (κ1) is 10.2. The lowest BCUT2D eigenvalue weighted by Gasteiger charge is -2.20. The smallest absolute Gasteiger partial charge is 0.113 e. The van der Waals surface area contributed by atoms with Crippen molar-refractivity contribution in [1.82, 2.24) is 4.98 Å². The number of hydrogen-bond acceptors (Lipinski definition) is 4. The summed E-state index contributed by atoms with van der Waals surface area (Å²) >= 11 is 1.66. The second-order valence-corrected chi connectivity index (χ2v) is 5.52. The van der Waals surface area contributed by atoms with Crippen LogP contribution in [0.2, 0.25) is 0 Å². The normalized spacial score (nSPS) is 23.9. The maximum atomic E-state index is 9.13. The number of rotatable bonds is 2. The largest absolute Gasteiger partial charge is 0.381 e. The molecule has 2 heterocycles. The Labute approximate surface area is 99.1 Å².